The molecule has 3 rings (SSSR count). The van der Waals surface area contributed by atoms with Gasteiger partial charge in [0.05, 0.1) is 5.56 Å². The third-order valence-electron chi connectivity index (χ3n) is 5.62. The lowest BCUT2D eigenvalue weighted by atomic mass is 9.97. The summed E-state index contributed by atoms with van der Waals surface area (Å²) in [6.07, 6.45) is 3.19. The van der Waals surface area contributed by atoms with Crippen molar-refractivity contribution in [2.75, 3.05) is 31.1 Å². The summed E-state index contributed by atoms with van der Waals surface area (Å²) in [5.74, 6) is -2.53. The van der Waals surface area contributed by atoms with Crippen LogP contribution in [0.1, 0.15) is 54.9 Å². The van der Waals surface area contributed by atoms with Crippen molar-refractivity contribution in [1.82, 2.24) is 4.90 Å². The molecule has 0 aromatic heterocycles. The summed E-state index contributed by atoms with van der Waals surface area (Å²) in [7, 11) is 0. The highest BCUT2D eigenvalue weighted by Gasteiger charge is 2.34. The maximum atomic E-state index is 14.2. The van der Waals surface area contributed by atoms with Crippen LogP contribution in [0.4, 0.5) is 14.5 Å². The first kappa shape index (κ1) is 21.7. The number of hydrogen-bond donors (Lipinski definition) is 0. The summed E-state index contributed by atoms with van der Waals surface area (Å²) in [5.41, 5.74) is 1.48. The largest absolute Gasteiger partial charge is 0.307 e. The van der Waals surface area contributed by atoms with Crippen molar-refractivity contribution < 1.29 is 13.6 Å². The van der Waals surface area contributed by atoms with Gasteiger partial charge in [-0.3, -0.25) is 4.79 Å². The van der Waals surface area contributed by atoms with Crippen LogP contribution in [-0.2, 0) is 0 Å². The zero-order valence-electron chi connectivity index (χ0n) is 16.9. The predicted molar refractivity (Wildman–Crippen MR) is 114 cm³/mol. The van der Waals surface area contributed by atoms with Crippen molar-refractivity contribution in [2.45, 2.75) is 39.0 Å². The molecule has 1 heterocycles. The fraction of sp³-hybridized carbons (Fsp3) is 0.435. The maximum absolute atomic E-state index is 14.2. The molecule has 0 radical (unpaired) electrons. The third kappa shape index (κ3) is 4.78. The lowest BCUT2D eigenvalue weighted by Gasteiger charge is -2.22. The number of carbonyl (C=O) groups excluding carboxylic acids is 1. The second kappa shape index (κ2) is 9.68. The molecule has 0 spiro atoms. The smallest absolute Gasteiger partial charge is 0.261 e. The highest BCUT2D eigenvalue weighted by Crippen LogP contribution is 2.40. The summed E-state index contributed by atoms with van der Waals surface area (Å²) in [5, 5.41) is 0.610. The number of carbonyl (C=O) groups is 1. The fourth-order valence-corrected chi connectivity index (χ4v) is 4.10. The lowest BCUT2D eigenvalue weighted by molar-refractivity contribution is 0.0982. The minimum absolute atomic E-state index is 0.111. The van der Waals surface area contributed by atoms with Crippen LogP contribution < -0.4 is 4.90 Å². The molecule has 0 fully saturated rings. The monoisotopic (exact) mass is 420 g/mol. The van der Waals surface area contributed by atoms with Gasteiger partial charge in [0.2, 0.25) is 0 Å². The number of anilines is 1. The molecule has 2 aromatic carbocycles. The molecule has 0 aliphatic carbocycles. The van der Waals surface area contributed by atoms with E-state index in [1.807, 2.05) is 6.07 Å². The van der Waals surface area contributed by atoms with Crippen LogP contribution in [0, 0.1) is 11.6 Å². The number of halogens is 3. The van der Waals surface area contributed by atoms with E-state index in [4.69, 9.17) is 11.6 Å². The standard InChI is InChI=1S/C23H27ClF2N2O/c1-3-5-12-27(4-2)13-11-16-15-28(21-10-9-17(24)14-19(16)21)23(29)18-7-6-8-20(25)22(18)26/h6-10,14,16H,3-5,11-13,15H2,1-2H3. The summed E-state index contributed by atoms with van der Waals surface area (Å²) in [4.78, 5) is 17.0. The molecular weight excluding hydrogens is 394 g/mol. The van der Waals surface area contributed by atoms with Crippen molar-refractivity contribution in [2.24, 2.45) is 0 Å². The number of fused-ring (bicyclic) bond motifs is 1. The van der Waals surface area contributed by atoms with Crippen molar-refractivity contribution in [3.05, 3.63) is 64.2 Å². The Morgan fingerprint density at radius 2 is 2.00 bits per heavy atom. The Morgan fingerprint density at radius 3 is 2.72 bits per heavy atom. The molecule has 0 saturated carbocycles. The van der Waals surface area contributed by atoms with Crippen LogP contribution >= 0.6 is 11.6 Å². The van der Waals surface area contributed by atoms with Crippen molar-refractivity contribution in [3.63, 3.8) is 0 Å². The van der Waals surface area contributed by atoms with Crippen LogP contribution in [0.25, 0.3) is 0 Å². The van der Waals surface area contributed by atoms with Crippen molar-refractivity contribution in [3.8, 4) is 0 Å². The first-order chi connectivity index (χ1) is 14.0. The molecule has 0 saturated heterocycles. The lowest BCUT2D eigenvalue weighted by Crippen LogP contribution is -2.32. The molecule has 0 N–H and O–H groups in total. The average Bonchev–Trinajstić information content (AvgIpc) is 3.07. The SMILES string of the molecule is CCCCN(CC)CCC1CN(C(=O)c2cccc(F)c2F)c2ccc(Cl)cc21. The Kier molecular flexibility index (Phi) is 7.25. The zero-order chi connectivity index (χ0) is 21.0. The summed E-state index contributed by atoms with van der Waals surface area (Å²) in [6.45, 7) is 7.72. The van der Waals surface area contributed by atoms with E-state index in [-0.39, 0.29) is 11.5 Å². The van der Waals surface area contributed by atoms with Crippen molar-refractivity contribution in [1.29, 1.82) is 0 Å². The highest BCUT2D eigenvalue weighted by atomic mass is 35.5. The molecule has 3 nitrogen and oxygen atoms in total. The second-order valence-electron chi connectivity index (χ2n) is 7.49. The van der Waals surface area contributed by atoms with Gasteiger partial charge in [-0.1, -0.05) is 37.9 Å². The Bertz CT molecular complexity index is 874. The Balaban J connectivity index is 1.83. The number of hydrogen-bond acceptors (Lipinski definition) is 2. The van der Waals surface area contributed by atoms with E-state index in [0.717, 1.165) is 56.2 Å². The van der Waals surface area contributed by atoms with Gasteiger partial charge in [-0.15, -0.1) is 0 Å². The Hall–Kier alpha value is -1.98. The predicted octanol–water partition coefficient (Wildman–Crippen LogP) is 5.87. The van der Waals surface area contributed by atoms with Gasteiger partial charge in [0, 0.05) is 23.2 Å². The molecule has 0 bridgehead atoms. The Morgan fingerprint density at radius 1 is 1.21 bits per heavy atom. The summed E-state index contributed by atoms with van der Waals surface area (Å²) in [6, 6.07) is 9.11. The van der Waals surface area contributed by atoms with E-state index < -0.39 is 17.5 Å². The van der Waals surface area contributed by atoms with Gasteiger partial charge in [-0.05, 0) is 68.4 Å². The molecule has 1 aliphatic heterocycles. The topological polar surface area (TPSA) is 23.6 Å². The number of nitrogens with zero attached hydrogens (tertiary/aromatic N) is 2. The molecular formula is C23H27ClF2N2O. The Labute approximate surface area is 176 Å². The van der Waals surface area contributed by atoms with Gasteiger partial charge in [0.1, 0.15) is 0 Å². The average molecular weight is 421 g/mol. The van der Waals surface area contributed by atoms with Gasteiger partial charge in [-0.25, -0.2) is 8.78 Å². The molecule has 1 amide bonds. The molecule has 1 atom stereocenters. The molecule has 29 heavy (non-hydrogen) atoms. The van der Waals surface area contributed by atoms with Gasteiger partial charge in [-0.2, -0.15) is 0 Å². The number of unbranched alkanes of at least 4 members (excludes halogenated alkanes) is 1. The number of rotatable bonds is 8. The van der Waals surface area contributed by atoms with Crippen molar-refractivity contribution >= 4 is 23.2 Å². The van der Waals surface area contributed by atoms with E-state index in [2.05, 4.69) is 18.7 Å². The van der Waals surface area contributed by atoms with E-state index in [1.54, 1.807) is 17.0 Å². The first-order valence-corrected chi connectivity index (χ1v) is 10.6. The van der Waals surface area contributed by atoms with Crippen LogP contribution in [-0.4, -0.2) is 37.0 Å². The number of benzene rings is 2. The molecule has 6 heteroatoms. The van der Waals surface area contributed by atoms with Crippen LogP contribution in [0.3, 0.4) is 0 Å². The van der Waals surface area contributed by atoms with E-state index in [1.165, 1.54) is 12.1 Å². The minimum Gasteiger partial charge on any atom is -0.307 e. The van der Waals surface area contributed by atoms with E-state index in [9.17, 15) is 13.6 Å². The fourth-order valence-electron chi connectivity index (χ4n) is 3.92. The summed E-state index contributed by atoms with van der Waals surface area (Å²) >= 11 is 6.21. The minimum atomic E-state index is -1.10. The maximum Gasteiger partial charge on any atom is 0.261 e. The molecule has 2 aromatic rings. The molecule has 1 aliphatic rings. The van der Waals surface area contributed by atoms with Crippen LogP contribution in [0.5, 0.6) is 0 Å². The van der Waals surface area contributed by atoms with Gasteiger partial charge < -0.3 is 9.80 Å². The summed E-state index contributed by atoms with van der Waals surface area (Å²) < 4.78 is 27.8. The normalized spacial score (nSPS) is 15.8. The van der Waals surface area contributed by atoms with E-state index >= 15 is 0 Å². The first-order valence-electron chi connectivity index (χ1n) is 10.2. The van der Waals surface area contributed by atoms with Gasteiger partial charge in [0.25, 0.3) is 5.91 Å². The second-order valence-corrected chi connectivity index (χ2v) is 7.93. The van der Waals surface area contributed by atoms with E-state index in [0.29, 0.717) is 11.6 Å². The number of amides is 1. The van der Waals surface area contributed by atoms with Crippen LogP contribution in [0.15, 0.2) is 36.4 Å². The third-order valence-corrected chi connectivity index (χ3v) is 5.85. The molecule has 156 valence electrons. The highest BCUT2D eigenvalue weighted by molar-refractivity contribution is 6.30. The van der Waals surface area contributed by atoms with Gasteiger partial charge in [0.15, 0.2) is 11.6 Å². The van der Waals surface area contributed by atoms with Gasteiger partial charge >= 0.3 is 0 Å². The molecule has 1 unspecified atom stereocenters. The van der Waals surface area contributed by atoms with Crippen LogP contribution in [0.2, 0.25) is 5.02 Å². The zero-order valence-corrected chi connectivity index (χ0v) is 17.7. The quantitative estimate of drug-likeness (QED) is 0.532.